The fraction of sp³-hybridized carbons (Fsp3) is 0.417. The number of ether oxygens (including phenoxy) is 1. The van der Waals surface area contributed by atoms with E-state index in [1.54, 1.807) is 23.1 Å². The number of nitrogens with zero attached hydrogens (tertiary/aromatic N) is 1. The molecule has 0 radical (unpaired) electrons. The molecule has 3 nitrogen and oxygen atoms in total. The van der Waals surface area contributed by atoms with Crippen LogP contribution in [-0.4, -0.2) is 19.0 Å². The third-order valence-electron chi connectivity index (χ3n) is 2.74. The maximum Gasteiger partial charge on any atom is 0.387 e. The fourth-order valence-corrected chi connectivity index (χ4v) is 1.97. The Hall–Kier alpha value is -1.65. The van der Waals surface area contributed by atoms with Crippen LogP contribution in [0.4, 0.5) is 14.5 Å². The van der Waals surface area contributed by atoms with Crippen molar-refractivity contribution in [2.75, 3.05) is 11.4 Å². The van der Waals surface area contributed by atoms with E-state index in [0.29, 0.717) is 24.5 Å². The lowest BCUT2D eigenvalue weighted by Gasteiger charge is -2.30. The highest BCUT2D eigenvalue weighted by atomic mass is 19.3. The minimum absolute atomic E-state index is 0.133. The number of nitrogens with one attached hydrogen (secondary N) is 1. The first kappa shape index (κ1) is 11.8. The van der Waals surface area contributed by atoms with Crippen molar-refractivity contribution in [3.05, 3.63) is 24.3 Å². The zero-order chi connectivity index (χ0) is 12.3. The quantitative estimate of drug-likeness (QED) is 0.880. The number of hydrogen-bond donors (Lipinski definition) is 1. The van der Waals surface area contributed by atoms with Crippen molar-refractivity contribution in [3.63, 3.8) is 0 Å². The smallest absolute Gasteiger partial charge is 0.387 e. The molecule has 0 aromatic heterocycles. The van der Waals surface area contributed by atoms with Crippen LogP contribution in [0.1, 0.15) is 19.3 Å². The van der Waals surface area contributed by atoms with Crippen molar-refractivity contribution >= 4 is 11.5 Å². The van der Waals surface area contributed by atoms with Crippen LogP contribution in [0.25, 0.3) is 0 Å². The number of anilines is 1. The van der Waals surface area contributed by atoms with Crippen LogP contribution >= 0.6 is 0 Å². The van der Waals surface area contributed by atoms with Gasteiger partial charge in [-0.15, -0.1) is 0 Å². The average molecular weight is 240 g/mol. The van der Waals surface area contributed by atoms with Crippen molar-refractivity contribution in [2.45, 2.75) is 25.9 Å². The Morgan fingerprint density at radius 3 is 2.71 bits per heavy atom. The second-order valence-corrected chi connectivity index (χ2v) is 3.90. The predicted octanol–water partition coefficient (Wildman–Crippen LogP) is 3.26. The van der Waals surface area contributed by atoms with Gasteiger partial charge in [-0.25, -0.2) is 0 Å². The third-order valence-corrected chi connectivity index (χ3v) is 2.74. The monoisotopic (exact) mass is 240 g/mol. The van der Waals surface area contributed by atoms with Gasteiger partial charge in [0, 0.05) is 13.0 Å². The Balaban J connectivity index is 2.26. The number of piperidine rings is 1. The Morgan fingerprint density at radius 1 is 1.24 bits per heavy atom. The molecule has 92 valence electrons. The summed E-state index contributed by atoms with van der Waals surface area (Å²) in [5.41, 5.74) is 0.553. The molecular weight excluding hydrogens is 226 g/mol. The first-order chi connectivity index (χ1) is 8.18. The molecule has 5 heteroatoms. The standard InChI is InChI=1S/C12H14F2N2O/c13-12(14)17-10-6-2-1-5-9(10)16-8-4-3-7-11(16)15/h1-2,5-6,12,15H,3-4,7-8H2. The van der Waals surface area contributed by atoms with E-state index in [4.69, 9.17) is 5.41 Å². The number of para-hydroxylation sites is 2. The zero-order valence-corrected chi connectivity index (χ0v) is 9.33. The first-order valence-electron chi connectivity index (χ1n) is 5.57. The van der Waals surface area contributed by atoms with E-state index in [-0.39, 0.29) is 5.75 Å². The van der Waals surface area contributed by atoms with Gasteiger partial charge in [-0.3, -0.25) is 5.41 Å². The molecule has 2 rings (SSSR count). The largest absolute Gasteiger partial charge is 0.433 e. The molecule has 1 aromatic carbocycles. The lowest BCUT2D eigenvalue weighted by atomic mass is 10.1. The van der Waals surface area contributed by atoms with Crippen LogP contribution < -0.4 is 9.64 Å². The van der Waals surface area contributed by atoms with E-state index < -0.39 is 6.61 Å². The summed E-state index contributed by atoms with van der Waals surface area (Å²) in [6.45, 7) is -2.15. The molecule has 0 saturated carbocycles. The van der Waals surface area contributed by atoms with Crippen LogP contribution in [0.2, 0.25) is 0 Å². The predicted molar refractivity (Wildman–Crippen MR) is 62.0 cm³/mol. The first-order valence-corrected chi connectivity index (χ1v) is 5.57. The second kappa shape index (κ2) is 5.12. The Labute approximate surface area is 98.5 Å². The van der Waals surface area contributed by atoms with Crippen LogP contribution in [-0.2, 0) is 0 Å². The summed E-state index contributed by atoms with van der Waals surface area (Å²) < 4.78 is 29.0. The Bertz CT molecular complexity index is 409. The van der Waals surface area contributed by atoms with Crippen molar-refractivity contribution in [1.29, 1.82) is 5.41 Å². The average Bonchev–Trinajstić information content (AvgIpc) is 2.30. The number of amidine groups is 1. The van der Waals surface area contributed by atoms with Gasteiger partial charge in [-0.2, -0.15) is 8.78 Å². The molecule has 1 heterocycles. The van der Waals surface area contributed by atoms with E-state index in [2.05, 4.69) is 4.74 Å². The highest BCUT2D eigenvalue weighted by Crippen LogP contribution is 2.31. The van der Waals surface area contributed by atoms with Crippen LogP contribution in [0.15, 0.2) is 24.3 Å². The third kappa shape index (κ3) is 2.72. The van der Waals surface area contributed by atoms with Crippen molar-refractivity contribution < 1.29 is 13.5 Å². The molecule has 1 aliphatic rings. The molecule has 0 bridgehead atoms. The number of halogens is 2. The van der Waals surface area contributed by atoms with Gasteiger partial charge in [0.15, 0.2) is 0 Å². The van der Waals surface area contributed by atoms with Crippen LogP contribution in [0.5, 0.6) is 5.75 Å². The molecule has 1 N–H and O–H groups in total. The fourth-order valence-electron chi connectivity index (χ4n) is 1.97. The number of benzene rings is 1. The topological polar surface area (TPSA) is 36.3 Å². The maximum absolute atomic E-state index is 12.3. The summed E-state index contributed by atoms with van der Waals surface area (Å²) >= 11 is 0. The maximum atomic E-state index is 12.3. The summed E-state index contributed by atoms with van der Waals surface area (Å²) in [5.74, 6) is 0.593. The highest BCUT2D eigenvalue weighted by molar-refractivity contribution is 5.97. The number of hydrogen-bond acceptors (Lipinski definition) is 2. The van der Waals surface area contributed by atoms with E-state index in [0.717, 1.165) is 12.8 Å². The Kier molecular flexibility index (Phi) is 3.56. The van der Waals surface area contributed by atoms with E-state index in [1.807, 2.05) is 0 Å². The van der Waals surface area contributed by atoms with Gasteiger partial charge in [0.2, 0.25) is 0 Å². The van der Waals surface area contributed by atoms with Gasteiger partial charge in [0.25, 0.3) is 0 Å². The van der Waals surface area contributed by atoms with Crippen LogP contribution in [0.3, 0.4) is 0 Å². The second-order valence-electron chi connectivity index (χ2n) is 3.90. The van der Waals surface area contributed by atoms with Gasteiger partial charge in [-0.1, -0.05) is 12.1 Å². The Morgan fingerprint density at radius 2 is 2.00 bits per heavy atom. The summed E-state index contributed by atoms with van der Waals surface area (Å²) in [6, 6.07) is 6.62. The van der Waals surface area contributed by atoms with Crippen molar-refractivity contribution in [3.8, 4) is 5.75 Å². The van der Waals surface area contributed by atoms with Gasteiger partial charge < -0.3 is 9.64 Å². The normalized spacial score (nSPS) is 16.4. The molecule has 0 spiro atoms. The highest BCUT2D eigenvalue weighted by Gasteiger charge is 2.20. The van der Waals surface area contributed by atoms with Gasteiger partial charge in [0.05, 0.1) is 5.69 Å². The number of rotatable bonds is 3. The number of alkyl halides is 2. The molecule has 0 unspecified atom stereocenters. The van der Waals surface area contributed by atoms with E-state index in [9.17, 15) is 8.78 Å². The zero-order valence-electron chi connectivity index (χ0n) is 9.33. The molecule has 1 fully saturated rings. The molecule has 1 saturated heterocycles. The molecule has 1 aliphatic heterocycles. The molecule has 0 atom stereocenters. The summed E-state index contributed by atoms with van der Waals surface area (Å²) in [6.07, 6.45) is 2.63. The molecule has 17 heavy (non-hydrogen) atoms. The summed E-state index contributed by atoms with van der Waals surface area (Å²) in [5, 5.41) is 7.85. The van der Waals surface area contributed by atoms with E-state index >= 15 is 0 Å². The van der Waals surface area contributed by atoms with Gasteiger partial charge in [-0.05, 0) is 25.0 Å². The van der Waals surface area contributed by atoms with Gasteiger partial charge >= 0.3 is 6.61 Å². The minimum atomic E-state index is -2.84. The lowest BCUT2D eigenvalue weighted by Crippen LogP contribution is -2.35. The SMILES string of the molecule is N=C1CCCCN1c1ccccc1OC(F)F. The molecule has 0 aliphatic carbocycles. The van der Waals surface area contributed by atoms with Crippen molar-refractivity contribution in [2.24, 2.45) is 0 Å². The summed E-state index contributed by atoms with van der Waals surface area (Å²) in [7, 11) is 0. The molecule has 1 aromatic rings. The summed E-state index contributed by atoms with van der Waals surface area (Å²) in [4.78, 5) is 1.74. The molecular formula is C12H14F2N2O. The molecule has 0 amide bonds. The van der Waals surface area contributed by atoms with E-state index in [1.165, 1.54) is 6.07 Å². The van der Waals surface area contributed by atoms with Crippen LogP contribution in [0, 0.1) is 5.41 Å². The minimum Gasteiger partial charge on any atom is -0.433 e. The van der Waals surface area contributed by atoms with Crippen molar-refractivity contribution in [1.82, 2.24) is 0 Å². The van der Waals surface area contributed by atoms with Gasteiger partial charge in [0.1, 0.15) is 11.6 Å². The lowest BCUT2D eigenvalue weighted by molar-refractivity contribution is -0.0494.